The zero-order valence-electron chi connectivity index (χ0n) is 11.1. The Labute approximate surface area is 125 Å². The lowest BCUT2D eigenvalue weighted by atomic mass is 9.86. The average Bonchev–Trinajstić information content (AvgIpc) is 2.79. The van der Waals surface area contributed by atoms with Crippen LogP contribution in [0.25, 0.3) is 0 Å². The highest BCUT2D eigenvalue weighted by atomic mass is 79.9. The van der Waals surface area contributed by atoms with Crippen LogP contribution in [-0.2, 0) is 4.79 Å². The second-order valence-electron chi connectivity index (χ2n) is 5.12. The molecule has 1 saturated carbocycles. The first-order valence-corrected chi connectivity index (χ1v) is 7.66. The lowest BCUT2D eigenvalue weighted by Crippen LogP contribution is -2.43. The van der Waals surface area contributed by atoms with E-state index in [1.165, 1.54) is 0 Å². The maximum atomic E-state index is 12.1. The van der Waals surface area contributed by atoms with E-state index in [1.807, 2.05) is 0 Å². The van der Waals surface area contributed by atoms with E-state index in [9.17, 15) is 14.7 Å². The Hall–Kier alpha value is -1.30. The summed E-state index contributed by atoms with van der Waals surface area (Å²) in [5, 5.41) is 12.1. The van der Waals surface area contributed by atoms with Gasteiger partial charge in [0.05, 0.1) is 5.92 Å². The third kappa shape index (κ3) is 3.85. The van der Waals surface area contributed by atoms with Crippen molar-refractivity contribution in [3.8, 4) is 0 Å². The second kappa shape index (κ2) is 6.92. The maximum Gasteiger partial charge on any atom is 0.308 e. The summed E-state index contributed by atoms with van der Waals surface area (Å²) < 4.78 is 5.68. The number of carboxylic acid groups (broad SMARTS) is 1. The highest BCUT2D eigenvalue weighted by Crippen LogP contribution is 2.24. The minimum absolute atomic E-state index is 0.197. The van der Waals surface area contributed by atoms with Crippen LogP contribution in [0.15, 0.2) is 21.2 Å². The molecule has 0 aliphatic heterocycles. The van der Waals surface area contributed by atoms with Gasteiger partial charge in [0.15, 0.2) is 10.4 Å². The third-order valence-corrected chi connectivity index (χ3v) is 4.12. The van der Waals surface area contributed by atoms with Crippen molar-refractivity contribution in [3.05, 3.63) is 22.6 Å². The molecule has 2 rings (SSSR count). The van der Waals surface area contributed by atoms with Crippen molar-refractivity contribution in [1.29, 1.82) is 0 Å². The van der Waals surface area contributed by atoms with Crippen LogP contribution in [0.2, 0.25) is 0 Å². The Morgan fingerprint density at radius 3 is 2.50 bits per heavy atom. The fourth-order valence-corrected chi connectivity index (χ4v) is 2.94. The van der Waals surface area contributed by atoms with Crippen molar-refractivity contribution in [2.45, 2.75) is 44.6 Å². The predicted molar refractivity (Wildman–Crippen MR) is 76.5 cm³/mol. The topological polar surface area (TPSA) is 79.5 Å². The van der Waals surface area contributed by atoms with E-state index in [1.54, 1.807) is 12.1 Å². The molecule has 1 aromatic rings. The molecule has 110 valence electrons. The summed E-state index contributed by atoms with van der Waals surface area (Å²) in [6.45, 7) is 0. The second-order valence-corrected chi connectivity index (χ2v) is 5.90. The number of furan rings is 1. The standard InChI is InChI=1S/C14H18BrNO4/c15-12-8-7-11(20-12)13(17)16-10-6-4-2-1-3-5-9(10)14(18)19/h7-10H,1-6H2,(H,16,17)(H,18,19). The largest absolute Gasteiger partial charge is 0.481 e. The smallest absolute Gasteiger partial charge is 0.308 e. The fraction of sp³-hybridized carbons (Fsp3) is 0.571. The highest BCUT2D eigenvalue weighted by molar-refractivity contribution is 9.10. The highest BCUT2D eigenvalue weighted by Gasteiger charge is 2.30. The Kier molecular flexibility index (Phi) is 5.23. The molecule has 1 fully saturated rings. The van der Waals surface area contributed by atoms with E-state index in [0.29, 0.717) is 17.5 Å². The van der Waals surface area contributed by atoms with Crippen LogP contribution in [-0.4, -0.2) is 23.0 Å². The van der Waals surface area contributed by atoms with Crippen LogP contribution >= 0.6 is 15.9 Å². The summed E-state index contributed by atoms with van der Waals surface area (Å²) in [6.07, 6.45) is 5.31. The molecule has 0 saturated heterocycles. The van der Waals surface area contributed by atoms with Crippen LogP contribution in [0, 0.1) is 5.92 Å². The first-order chi connectivity index (χ1) is 9.58. The van der Waals surface area contributed by atoms with Crippen LogP contribution in [0.1, 0.15) is 49.1 Å². The number of carbonyl (C=O) groups is 2. The van der Waals surface area contributed by atoms with E-state index in [4.69, 9.17) is 4.42 Å². The Bertz CT molecular complexity index is 485. The SMILES string of the molecule is O=C(NC1CCCCCCC1C(=O)O)c1ccc(Br)o1. The van der Waals surface area contributed by atoms with E-state index >= 15 is 0 Å². The number of hydrogen-bond acceptors (Lipinski definition) is 3. The van der Waals surface area contributed by atoms with Crippen LogP contribution < -0.4 is 5.32 Å². The quantitative estimate of drug-likeness (QED) is 0.883. The minimum atomic E-state index is -0.835. The average molecular weight is 344 g/mol. The fourth-order valence-electron chi connectivity index (χ4n) is 2.63. The lowest BCUT2D eigenvalue weighted by molar-refractivity contribution is -0.143. The number of halogens is 1. The van der Waals surface area contributed by atoms with Gasteiger partial charge in [-0.2, -0.15) is 0 Å². The normalized spacial score (nSPS) is 23.6. The molecule has 0 spiro atoms. The molecule has 1 aromatic heterocycles. The number of carboxylic acids is 1. The van der Waals surface area contributed by atoms with Gasteiger partial charge in [0.1, 0.15) is 0 Å². The molecule has 0 radical (unpaired) electrons. The van der Waals surface area contributed by atoms with E-state index in [0.717, 1.165) is 25.7 Å². The van der Waals surface area contributed by atoms with Gasteiger partial charge in [0.2, 0.25) is 0 Å². The van der Waals surface area contributed by atoms with Crippen molar-refractivity contribution < 1.29 is 19.1 Å². The van der Waals surface area contributed by atoms with Crippen molar-refractivity contribution in [1.82, 2.24) is 5.32 Å². The first kappa shape index (κ1) is 15.1. The molecule has 1 aliphatic carbocycles. The zero-order chi connectivity index (χ0) is 14.5. The molecule has 20 heavy (non-hydrogen) atoms. The molecule has 2 N–H and O–H groups in total. The van der Waals surface area contributed by atoms with E-state index < -0.39 is 11.9 Å². The van der Waals surface area contributed by atoms with Gasteiger partial charge in [0.25, 0.3) is 5.91 Å². The van der Waals surface area contributed by atoms with Gasteiger partial charge in [-0.15, -0.1) is 0 Å². The van der Waals surface area contributed by atoms with Gasteiger partial charge in [-0.05, 0) is 40.9 Å². The number of nitrogens with one attached hydrogen (secondary N) is 1. The number of hydrogen-bond donors (Lipinski definition) is 2. The summed E-state index contributed by atoms with van der Waals surface area (Å²) in [4.78, 5) is 23.4. The van der Waals surface area contributed by atoms with Crippen LogP contribution in [0.3, 0.4) is 0 Å². The van der Waals surface area contributed by atoms with Gasteiger partial charge < -0.3 is 14.8 Å². The van der Waals surface area contributed by atoms with Gasteiger partial charge in [-0.1, -0.05) is 25.7 Å². The minimum Gasteiger partial charge on any atom is -0.481 e. The molecule has 5 nitrogen and oxygen atoms in total. The molecule has 2 unspecified atom stereocenters. The van der Waals surface area contributed by atoms with Crippen molar-refractivity contribution in [2.75, 3.05) is 0 Å². The summed E-state index contributed by atoms with van der Waals surface area (Å²) in [5.41, 5.74) is 0. The third-order valence-electron chi connectivity index (χ3n) is 3.70. The van der Waals surface area contributed by atoms with Crippen LogP contribution in [0.5, 0.6) is 0 Å². The molecule has 6 heteroatoms. The lowest BCUT2D eigenvalue weighted by Gasteiger charge is -2.26. The monoisotopic (exact) mass is 343 g/mol. The van der Waals surface area contributed by atoms with Crippen molar-refractivity contribution >= 4 is 27.8 Å². The van der Waals surface area contributed by atoms with Crippen molar-refractivity contribution in [3.63, 3.8) is 0 Å². The molecular weight excluding hydrogens is 326 g/mol. The number of aliphatic carboxylic acids is 1. The van der Waals surface area contributed by atoms with Gasteiger partial charge in [-0.25, -0.2) is 0 Å². The summed E-state index contributed by atoms with van der Waals surface area (Å²) in [7, 11) is 0. The Balaban J connectivity index is 2.06. The predicted octanol–water partition coefficient (Wildman–Crippen LogP) is 3.20. The number of carbonyl (C=O) groups excluding carboxylic acids is 1. The number of rotatable bonds is 3. The van der Waals surface area contributed by atoms with Gasteiger partial charge in [0, 0.05) is 6.04 Å². The molecule has 1 aliphatic rings. The number of amides is 1. The molecule has 0 aromatic carbocycles. The summed E-state index contributed by atoms with van der Waals surface area (Å²) >= 11 is 3.14. The molecule has 0 bridgehead atoms. The molecule has 2 atom stereocenters. The summed E-state index contributed by atoms with van der Waals surface area (Å²) in [6, 6.07) is 2.88. The Morgan fingerprint density at radius 2 is 1.90 bits per heavy atom. The van der Waals surface area contributed by atoms with Crippen LogP contribution in [0.4, 0.5) is 0 Å². The molecular formula is C14H18BrNO4. The Morgan fingerprint density at radius 1 is 1.20 bits per heavy atom. The van der Waals surface area contributed by atoms with E-state index in [-0.39, 0.29) is 17.7 Å². The van der Waals surface area contributed by atoms with Crippen molar-refractivity contribution in [2.24, 2.45) is 5.92 Å². The van der Waals surface area contributed by atoms with E-state index in [2.05, 4.69) is 21.2 Å². The van der Waals surface area contributed by atoms with Gasteiger partial charge in [-0.3, -0.25) is 9.59 Å². The first-order valence-electron chi connectivity index (χ1n) is 6.87. The molecule has 1 heterocycles. The summed E-state index contributed by atoms with van der Waals surface area (Å²) in [5.74, 6) is -1.51. The molecule has 1 amide bonds. The van der Waals surface area contributed by atoms with Gasteiger partial charge >= 0.3 is 5.97 Å². The zero-order valence-corrected chi connectivity index (χ0v) is 12.7. The maximum absolute atomic E-state index is 12.1.